The summed E-state index contributed by atoms with van der Waals surface area (Å²) in [6, 6.07) is 12.1. The summed E-state index contributed by atoms with van der Waals surface area (Å²) in [4.78, 5) is 18.1. The summed E-state index contributed by atoms with van der Waals surface area (Å²) in [5, 5.41) is 0. The van der Waals surface area contributed by atoms with Crippen LogP contribution in [0.5, 0.6) is 0 Å². The SMILES string of the molecule is COCCn1c(=NC(=O)c2ccc(S(=O)(=O)N3CCCC(C)C3)cc2)sc2cccc(C)c21. The second-order valence-corrected chi connectivity index (χ2v) is 11.4. The smallest absolute Gasteiger partial charge is 0.279 e. The quantitative estimate of drug-likeness (QED) is 0.529. The molecule has 7 nitrogen and oxygen atoms in total. The van der Waals surface area contributed by atoms with Gasteiger partial charge in [0.25, 0.3) is 5.91 Å². The molecule has 9 heteroatoms. The molecule has 2 aromatic carbocycles. The Kier molecular flexibility index (Phi) is 7.13. The lowest BCUT2D eigenvalue weighted by Crippen LogP contribution is -2.39. The fourth-order valence-electron chi connectivity index (χ4n) is 4.22. The van der Waals surface area contributed by atoms with Crippen molar-refractivity contribution in [2.24, 2.45) is 10.9 Å². The number of para-hydroxylation sites is 1. The van der Waals surface area contributed by atoms with Gasteiger partial charge in [-0.2, -0.15) is 9.30 Å². The number of aryl methyl sites for hydroxylation is 1. The van der Waals surface area contributed by atoms with E-state index in [1.54, 1.807) is 23.5 Å². The zero-order valence-corrected chi connectivity index (χ0v) is 20.8. The fraction of sp³-hybridized carbons (Fsp3) is 0.417. The minimum absolute atomic E-state index is 0.209. The van der Waals surface area contributed by atoms with Gasteiger partial charge in [0.05, 0.1) is 21.7 Å². The molecule has 3 aromatic rings. The van der Waals surface area contributed by atoms with Gasteiger partial charge >= 0.3 is 0 Å². The van der Waals surface area contributed by atoms with Gasteiger partial charge in [0.15, 0.2) is 4.80 Å². The number of carbonyl (C=O) groups excluding carboxylic acids is 1. The number of nitrogens with zero attached hydrogens (tertiary/aromatic N) is 3. The number of carbonyl (C=O) groups is 1. The third kappa shape index (κ3) is 4.96. The summed E-state index contributed by atoms with van der Waals surface area (Å²) in [7, 11) is -1.92. The van der Waals surface area contributed by atoms with Crippen LogP contribution in [0.3, 0.4) is 0 Å². The summed E-state index contributed by atoms with van der Waals surface area (Å²) < 4.78 is 35.8. The largest absolute Gasteiger partial charge is 0.383 e. The van der Waals surface area contributed by atoms with Crippen LogP contribution in [0.4, 0.5) is 0 Å². The third-order valence-electron chi connectivity index (χ3n) is 5.98. The lowest BCUT2D eigenvalue weighted by Gasteiger charge is -2.30. The molecule has 1 atom stereocenters. The molecule has 1 aliphatic heterocycles. The van der Waals surface area contributed by atoms with Crippen molar-refractivity contribution in [1.29, 1.82) is 0 Å². The van der Waals surface area contributed by atoms with Gasteiger partial charge in [-0.15, -0.1) is 0 Å². The van der Waals surface area contributed by atoms with Gasteiger partial charge in [0, 0.05) is 32.3 Å². The van der Waals surface area contributed by atoms with Crippen LogP contribution in [0.25, 0.3) is 10.2 Å². The second kappa shape index (κ2) is 9.89. The minimum Gasteiger partial charge on any atom is -0.383 e. The zero-order chi connectivity index (χ0) is 23.6. The first-order chi connectivity index (χ1) is 15.8. The van der Waals surface area contributed by atoms with Crippen molar-refractivity contribution in [3.63, 3.8) is 0 Å². The Hall–Kier alpha value is -2.33. The van der Waals surface area contributed by atoms with E-state index in [2.05, 4.69) is 11.9 Å². The minimum atomic E-state index is -3.56. The topological polar surface area (TPSA) is 81.0 Å². The summed E-state index contributed by atoms with van der Waals surface area (Å²) in [6.07, 6.45) is 1.91. The maximum atomic E-state index is 13.0. The van der Waals surface area contributed by atoms with E-state index in [9.17, 15) is 13.2 Å². The van der Waals surface area contributed by atoms with E-state index in [-0.39, 0.29) is 4.90 Å². The van der Waals surface area contributed by atoms with Crippen molar-refractivity contribution < 1.29 is 17.9 Å². The van der Waals surface area contributed by atoms with E-state index in [0.717, 1.165) is 28.6 Å². The van der Waals surface area contributed by atoms with Gasteiger partial charge < -0.3 is 9.30 Å². The Morgan fingerprint density at radius 1 is 1.21 bits per heavy atom. The van der Waals surface area contributed by atoms with E-state index in [4.69, 9.17) is 4.74 Å². The number of hydrogen-bond donors (Lipinski definition) is 0. The first-order valence-corrected chi connectivity index (χ1v) is 13.3. The molecule has 1 saturated heterocycles. The van der Waals surface area contributed by atoms with Crippen molar-refractivity contribution in [2.45, 2.75) is 38.1 Å². The Balaban J connectivity index is 1.64. The van der Waals surface area contributed by atoms with Crippen LogP contribution in [-0.4, -0.2) is 50.0 Å². The molecule has 176 valence electrons. The molecule has 0 saturated carbocycles. The molecular weight excluding hydrogens is 458 g/mol. The Labute approximate surface area is 198 Å². The number of rotatable bonds is 6. The van der Waals surface area contributed by atoms with Gasteiger partial charge in [-0.25, -0.2) is 8.42 Å². The Morgan fingerprint density at radius 3 is 2.67 bits per heavy atom. The second-order valence-electron chi connectivity index (χ2n) is 8.50. The molecule has 0 N–H and O–H groups in total. The highest BCUT2D eigenvalue weighted by Gasteiger charge is 2.28. The lowest BCUT2D eigenvalue weighted by molar-refractivity contribution is 0.0997. The molecule has 33 heavy (non-hydrogen) atoms. The number of methoxy groups -OCH3 is 1. The molecule has 1 unspecified atom stereocenters. The van der Waals surface area contributed by atoms with Gasteiger partial charge in [0.1, 0.15) is 0 Å². The number of sulfonamides is 1. The molecule has 4 rings (SSSR count). The summed E-state index contributed by atoms with van der Waals surface area (Å²) >= 11 is 1.46. The van der Waals surface area contributed by atoms with E-state index >= 15 is 0 Å². The predicted molar refractivity (Wildman–Crippen MR) is 130 cm³/mol. The molecule has 0 spiro atoms. The Bertz CT molecular complexity index is 1320. The first kappa shape index (κ1) is 23.8. The standard InChI is InChI=1S/C24H29N3O4S2/c1-17-6-5-13-26(16-17)33(29,30)20-11-9-19(10-12-20)23(28)25-24-27(14-15-31-3)22-18(2)7-4-8-21(22)32-24/h4,7-12,17H,5-6,13-16H2,1-3H3. The van der Waals surface area contributed by atoms with E-state index in [1.807, 2.05) is 29.7 Å². The lowest BCUT2D eigenvalue weighted by atomic mass is 10.0. The first-order valence-electron chi connectivity index (χ1n) is 11.1. The number of ether oxygens (including phenoxy) is 1. The maximum Gasteiger partial charge on any atom is 0.279 e. The average Bonchev–Trinajstić information content (AvgIpc) is 3.15. The summed E-state index contributed by atoms with van der Waals surface area (Å²) in [6.45, 7) is 6.26. The zero-order valence-electron chi connectivity index (χ0n) is 19.2. The van der Waals surface area contributed by atoms with Crippen molar-refractivity contribution in [2.75, 3.05) is 26.8 Å². The van der Waals surface area contributed by atoms with Crippen LogP contribution < -0.4 is 4.80 Å². The summed E-state index contributed by atoms with van der Waals surface area (Å²) in [5.41, 5.74) is 2.51. The number of piperidine rings is 1. The van der Waals surface area contributed by atoms with Gasteiger partial charge in [-0.1, -0.05) is 30.4 Å². The summed E-state index contributed by atoms with van der Waals surface area (Å²) in [5.74, 6) is -0.0520. The van der Waals surface area contributed by atoms with Crippen molar-refractivity contribution in [3.05, 3.63) is 58.4 Å². The normalized spacial score (nSPS) is 18.2. The van der Waals surface area contributed by atoms with Crippen molar-refractivity contribution in [1.82, 2.24) is 8.87 Å². The Morgan fingerprint density at radius 2 is 1.97 bits per heavy atom. The number of amides is 1. The highest BCUT2D eigenvalue weighted by molar-refractivity contribution is 7.89. The fourth-order valence-corrected chi connectivity index (χ4v) is 6.95. The monoisotopic (exact) mass is 487 g/mol. The molecule has 0 radical (unpaired) electrons. The van der Waals surface area contributed by atoms with Crippen molar-refractivity contribution in [3.8, 4) is 0 Å². The predicted octanol–water partition coefficient (Wildman–Crippen LogP) is 3.82. The molecule has 1 amide bonds. The number of thiazole rings is 1. The van der Waals surface area contributed by atoms with Crippen LogP contribution in [-0.2, 0) is 21.3 Å². The van der Waals surface area contributed by atoms with Crippen LogP contribution in [0.15, 0.2) is 52.4 Å². The van der Waals surface area contributed by atoms with Crippen LogP contribution in [0, 0.1) is 12.8 Å². The third-order valence-corrected chi connectivity index (χ3v) is 8.90. The molecular formula is C24H29N3O4S2. The highest BCUT2D eigenvalue weighted by atomic mass is 32.2. The van der Waals surface area contributed by atoms with Crippen LogP contribution in [0.2, 0.25) is 0 Å². The number of aromatic nitrogens is 1. The van der Waals surface area contributed by atoms with Gasteiger partial charge in [0.2, 0.25) is 10.0 Å². The molecule has 1 aromatic heterocycles. The van der Waals surface area contributed by atoms with E-state index in [1.165, 1.54) is 23.5 Å². The van der Waals surface area contributed by atoms with Crippen molar-refractivity contribution >= 4 is 37.5 Å². The van der Waals surface area contributed by atoms with Crippen LogP contribution in [0.1, 0.15) is 35.7 Å². The molecule has 0 bridgehead atoms. The average molecular weight is 488 g/mol. The molecule has 1 aliphatic rings. The maximum absolute atomic E-state index is 13.0. The van der Waals surface area contributed by atoms with E-state index in [0.29, 0.717) is 42.5 Å². The molecule has 0 aliphatic carbocycles. The molecule has 1 fully saturated rings. The van der Waals surface area contributed by atoms with Crippen LogP contribution >= 0.6 is 11.3 Å². The number of fused-ring (bicyclic) bond motifs is 1. The number of benzene rings is 2. The molecule has 2 heterocycles. The van der Waals surface area contributed by atoms with Gasteiger partial charge in [-0.3, -0.25) is 4.79 Å². The van der Waals surface area contributed by atoms with Gasteiger partial charge in [-0.05, 0) is 61.6 Å². The highest BCUT2D eigenvalue weighted by Crippen LogP contribution is 2.24. The van der Waals surface area contributed by atoms with E-state index < -0.39 is 15.9 Å². The number of hydrogen-bond acceptors (Lipinski definition) is 5.